The van der Waals surface area contributed by atoms with Crippen molar-refractivity contribution in [3.63, 3.8) is 0 Å². The third kappa shape index (κ3) is 3.92. The number of aliphatic carboxylic acids is 1. The summed E-state index contributed by atoms with van der Waals surface area (Å²) in [6.07, 6.45) is 3.55. The van der Waals surface area contributed by atoms with E-state index in [2.05, 4.69) is 24.8 Å². The molecule has 1 rings (SSSR count). The summed E-state index contributed by atoms with van der Waals surface area (Å²) in [4.78, 5) is 12.8. The van der Waals surface area contributed by atoms with Crippen LogP contribution in [0.15, 0.2) is 11.6 Å². The highest BCUT2D eigenvalue weighted by Gasteiger charge is 2.23. The molecule has 0 aromatic heterocycles. The summed E-state index contributed by atoms with van der Waals surface area (Å²) in [5.74, 6) is -0.308. The second-order valence-corrected chi connectivity index (χ2v) is 4.29. The standard InChI is InChI=1S/C11H19NO2/c1-9(2)3-5-12-6-4-10(8-12)7-11(13)14/h3,10H,4-8H2,1-2H3,(H,13,14). The summed E-state index contributed by atoms with van der Waals surface area (Å²) in [5, 5.41) is 8.65. The van der Waals surface area contributed by atoms with Gasteiger partial charge in [-0.3, -0.25) is 9.69 Å². The Morgan fingerprint density at radius 2 is 2.29 bits per heavy atom. The number of hydrogen-bond acceptors (Lipinski definition) is 2. The molecule has 0 amide bonds. The molecule has 0 aromatic rings. The molecule has 1 unspecified atom stereocenters. The van der Waals surface area contributed by atoms with E-state index in [1.54, 1.807) is 0 Å². The molecule has 0 bridgehead atoms. The largest absolute Gasteiger partial charge is 0.481 e. The van der Waals surface area contributed by atoms with E-state index in [4.69, 9.17) is 5.11 Å². The SMILES string of the molecule is CC(C)=CCN1CCC(CC(=O)O)C1. The Balaban J connectivity index is 2.27. The first kappa shape index (κ1) is 11.2. The van der Waals surface area contributed by atoms with Crippen LogP contribution in [0, 0.1) is 5.92 Å². The maximum absolute atomic E-state index is 10.5. The lowest BCUT2D eigenvalue weighted by Gasteiger charge is -2.12. The minimum atomic E-state index is -0.668. The predicted octanol–water partition coefficient (Wildman–Crippen LogP) is 1.75. The Hall–Kier alpha value is -0.830. The maximum atomic E-state index is 10.5. The van der Waals surface area contributed by atoms with Gasteiger partial charge in [0.2, 0.25) is 0 Å². The van der Waals surface area contributed by atoms with E-state index in [9.17, 15) is 4.79 Å². The van der Waals surface area contributed by atoms with Crippen molar-refractivity contribution in [1.29, 1.82) is 0 Å². The van der Waals surface area contributed by atoms with E-state index in [0.29, 0.717) is 12.3 Å². The topological polar surface area (TPSA) is 40.5 Å². The molecule has 14 heavy (non-hydrogen) atoms. The third-order valence-corrected chi connectivity index (χ3v) is 2.59. The van der Waals surface area contributed by atoms with Crippen molar-refractivity contribution in [3.8, 4) is 0 Å². The highest BCUT2D eigenvalue weighted by Crippen LogP contribution is 2.19. The van der Waals surface area contributed by atoms with Crippen LogP contribution in [0.3, 0.4) is 0 Å². The van der Waals surface area contributed by atoms with E-state index in [1.807, 2.05) is 0 Å². The summed E-state index contributed by atoms with van der Waals surface area (Å²) >= 11 is 0. The van der Waals surface area contributed by atoms with Crippen molar-refractivity contribution < 1.29 is 9.90 Å². The number of carbonyl (C=O) groups is 1. The molecule has 0 aliphatic carbocycles. The first-order chi connectivity index (χ1) is 6.58. The Labute approximate surface area is 85.4 Å². The van der Waals surface area contributed by atoms with Crippen LogP contribution in [0.1, 0.15) is 26.7 Å². The Bertz CT molecular complexity index is 231. The van der Waals surface area contributed by atoms with Crippen LogP contribution >= 0.6 is 0 Å². The van der Waals surface area contributed by atoms with Crippen molar-refractivity contribution >= 4 is 5.97 Å². The summed E-state index contributed by atoms with van der Waals surface area (Å²) in [5.41, 5.74) is 1.33. The lowest BCUT2D eigenvalue weighted by Crippen LogP contribution is -2.21. The van der Waals surface area contributed by atoms with Gasteiger partial charge in [0.15, 0.2) is 0 Å². The molecular formula is C11H19NO2. The van der Waals surface area contributed by atoms with E-state index in [0.717, 1.165) is 26.1 Å². The van der Waals surface area contributed by atoms with Crippen molar-refractivity contribution in [2.75, 3.05) is 19.6 Å². The van der Waals surface area contributed by atoms with Gasteiger partial charge in [-0.15, -0.1) is 0 Å². The van der Waals surface area contributed by atoms with Crippen molar-refractivity contribution in [2.45, 2.75) is 26.7 Å². The molecule has 0 spiro atoms. The molecule has 1 N–H and O–H groups in total. The van der Waals surface area contributed by atoms with Gasteiger partial charge in [0.05, 0.1) is 0 Å². The molecule has 1 atom stereocenters. The Kier molecular flexibility index (Phi) is 4.14. The molecular weight excluding hydrogens is 178 g/mol. The summed E-state index contributed by atoms with van der Waals surface area (Å²) in [6, 6.07) is 0. The molecule has 0 aromatic carbocycles. The quantitative estimate of drug-likeness (QED) is 0.698. The molecule has 1 aliphatic rings. The Morgan fingerprint density at radius 3 is 2.86 bits per heavy atom. The predicted molar refractivity (Wildman–Crippen MR) is 56.2 cm³/mol. The summed E-state index contributed by atoms with van der Waals surface area (Å²) < 4.78 is 0. The van der Waals surface area contributed by atoms with Gasteiger partial charge in [-0.25, -0.2) is 0 Å². The zero-order valence-corrected chi connectivity index (χ0v) is 8.99. The number of likely N-dealkylation sites (tertiary alicyclic amines) is 1. The van der Waals surface area contributed by atoms with E-state index in [1.165, 1.54) is 5.57 Å². The van der Waals surface area contributed by atoms with Gasteiger partial charge >= 0.3 is 5.97 Å². The van der Waals surface area contributed by atoms with Gasteiger partial charge in [-0.05, 0) is 32.7 Å². The second kappa shape index (κ2) is 5.15. The number of carboxylic acids is 1. The first-order valence-corrected chi connectivity index (χ1v) is 5.15. The molecule has 1 fully saturated rings. The lowest BCUT2D eigenvalue weighted by molar-refractivity contribution is -0.138. The van der Waals surface area contributed by atoms with Gasteiger partial charge < -0.3 is 5.11 Å². The Morgan fingerprint density at radius 1 is 1.57 bits per heavy atom. The number of hydrogen-bond donors (Lipinski definition) is 1. The van der Waals surface area contributed by atoms with Crippen LogP contribution in [0.5, 0.6) is 0 Å². The molecule has 0 saturated carbocycles. The summed E-state index contributed by atoms with van der Waals surface area (Å²) in [7, 11) is 0. The minimum Gasteiger partial charge on any atom is -0.481 e. The zero-order valence-electron chi connectivity index (χ0n) is 8.99. The van der Waals surface area contributed by atoms with E-state index in [-0.39, 0.29) is 0 Å². The van der Waals surface area contributed by atoms with Crippen LogP contribution in [0.2, 0.25) is 0 Å². The monoisotopic (exact) mass is 197 g/mol. The van der Waals surface area contributed by atoms with Crippen LogP contribution < -0.4 is 0 Å². The van der Waals surface area contributed by atoms with Gasteiger partial charge in [0, 0.05) is 19.5 Å². The van der Waals surface area contributed by atoms with Crippen molar-refractivity contribution in [2.24, 2.45) is 5.92 Å². The van der Waals surface area contributed by atoms with Crippen LogP contribution in [-0.4, -0.2) is 35.6 Å². The number of rotatable bonds is 4. The average Bonchev–Trinajstić information content (AvgIpc) is 2.47. The molecule has 1 saturated heterocycles. The maximum Gasteiger partial charge on any atom is 0.303 e. The smallest absolute Gasteiger partial charge is 0.303 e. The molecule has 80 valence electrons. The van der Waals surface area contributed by atoms with Crippen LogP contribution in [-0.2, 0) is 4.79 Å². The molecule has 1 aliphatic heterocycles. The fourth-order valence-corrected chi connectivity index (χ4v) is 1.80. The van der Waals surface area contributed by atoms with Gasteiger partial charge in [-0.1, -0.05) is 11.6 Å². The lowest BCUT2D eigenvalue weighted by atomic mass is 10.1. The second-order valence-electron chi connectivity index (χ2n) is 4.29. The highest BCUT2D eigenvalue weighted by molar-refractivity contribution is 5.67. The van der Waals surface area contributed by atoms with Crippen molar-refractivity contribution in [1.82, 2.24) is 4.90 Å². The van der Waals surface area contributed by atoms with Crippen LogP contribution in [0.25, 0.3) is 0 Å². The number of carboxylic acid groups (broad SMARTS) is 1. The van der Waals surface area contributed by atoms with Crippen molar-refractivity contribution in [3.05, 3.63) is 11.6 Å². The zero-order chi connectivity index (χ0) is 10.6. The fraction of sp³-hybridized carbons (Fsp3) is 0.727. The van der Waals surface area contributed by atoms with Gasteiger partial charge in [0.25, 0.3) is 0 Å². The van der Waals surface area contributed by atoms with Gasteiger partial charge in [0.1, 0.15) is 0 Å². The molecule has 0 radical (unpaired) electrons. The van der Waals surface area contributed by atoms with Crippen LogP contribution in [0.4, 0.5) is 0 Å². The minimum absolute atomic E-state index is 0.325. The van der Waals surface area contributed by atoms with Gasteiger partial charge in [-0.2, -0.15) is 0 Å². The molecule has 1 heterocycles. The first-order valence-electron chi connectivity index (χ1n) is 5.15. The fourth-order valence-electron chi connectivity index (χ4n) is 1.80. The normalized spacial score (nSPS) is 22.3. The molecule has 3 heteroatoms. The van der Waals surface area contributed by atoms with E-state index >= 15 is 0 Å². The molecule has 3 nitrogen and oxygen atoms in total. The average molecular weight is 197 g/mol. The summed E-state index contributed by atoms with van der Waals surface area (Å²) in [6.45, 7) is 7.13. The third-order valence-electron chi connectivity index (χ3n) is 2.59. The highest BCUT2D eigenvalue weighted by atomic mass is 16.4. The number of nitrogens with zero attached hydrogens (tertiary/aromatic N) is 1. The van der Waals surface area contributed by atoms with E-state index < -0.39 is 5.97 Å². The number of allylic oxidation sites excluding steroid dienone is 1.